The van der Waals surface area contributed by atoms with Gasteiger partial charge in [-0.3, -0.25) is 0 Å². The smallest absolute Gasteiger partial charge is 0.243 e. The number of anilines is 1. The average Bonchev–Trinajstić information content (AvgIpc) is 2.43. The predicted molar refractivity (Wildman–Crippen MR) is 76.9 cm³/mol. The lowest BCUT2D eigenvalue weighted by atomic mass is 9.79. The topological polar surface area (TPSA) is 50.7 Å². The first-order valence-electron chi connectivity index (χ1n) is 7.08. The minimum Gasteiger partial charge on any atom is -0.350 e. The highest BCUT2D eigenvalue weighted by molar-refractivity contribution is 5.74. The molecule has 1 aliphatic carbocycles. The third-order valence-corrected chi connectivity index (χ3v) is 4.29. The van der Waals surface area contributed by atoms with E-state index in [0.717, 1.165) is 22.9 Å². The number of fused-ring (bicyclic) bond motifs is 1. The van der Waals surface area contributed by atoms with E-state index in [-0.39, 0.29) is 0 Å². The molecule has 4 heteroatoms. The Kier molecular flexibility index (Phi) is 3.32. The lowest BCUT2D eigenvalue weighted by molar-refractivity contribution is 0.260. The Morgan fingerprint density at radius 1 is 1.00 bits per heavy atom. The third kappa shape index (κ3) is 2.67. The molecule has 3 atom stereocenters. The van der Waals surface area contributed by atoms with E-state index in [4.69, 9.17) is 0 Å². The SMILES string of the molecule is CC1CCC(Nc2nnc3ccccc3n2)CC1C. The van der Waals surface area contributed by atoms with E-state index in [9.17, 15) is 0 Å². The molecule has 1 N–H and O–H groups in total. The molecule has 3 unspecified atom stereocenters. The Morgan fingerprint density at radius 3 is 2.58 bits per heavy atom. The van der Waals surface area contributed by atoms with Crippen LogP contribution in [0, 0.1) is 11.8 Å². The monoisotopic (exact) mass is 256 g/mol. The Hall–Kier alpha value is -1.71. The maximum atomic E-state index is 4.53. The molecule has 1 heterocycles. The van der Waals surface area contributed by atoms with Crippen LogP contribution in [0.15, 0.2) is 24.3 Å². The van der Waals surface area contributed by atoms with Crippen LogP contribution in [0.4, 0.5) is 5.95 Å². The second kappa shape index (κ2) is 5.11. The van der Waals surface area contributed by atoms with E-state index in [1.807, 2.05) is 24.3 Å². The van der Waals surface area contributed by atoms with Crippen molar-refractivity contribution < 1.29 is 0 Å². The Labute approximate surface area is 113 Å². The van der Waals surface area contributed by atoms with Crippen LogP contribution in [0.1, 0.15) is 33.1 Å². The van der Waals surface area contributed by atoms with Crippen LogP contribution < -0.4 is 5.32 Å². The lowest BCUT2D eigenvalue weighted by Crippen LogP contribution is -2.31. The van der Waals surface area contributed by atoms with Gasteiger partial charge in [0.1, 0.15) is 5.52 Å². The van der Waals surface area contributed by atoms with Gasteiger partial charge in [0.05, 0.1) is 5.52 Å². The minimum atomic E-state index is 0.481. The molecule has 1 aliphatic rings. The van der Waals surface area contributed by atoms with Gasteiger partial charge in [0.2, 0.25) is 5.95 Å². The van der Waals surface area contributed by atoms with Gasteiger partial charge >= 0.3 is 0 Å². The second-order valence-electron chi connectivity index (χ2n) is 5.73. The molecule has 2 aromatic rings. The Balaban J connectivity index is 1.74. The van der Waals surface area contributed by atoms with E-state index in [2.05, 4.69) is 34.3 Å². The molecule has 0 spiro atoms. The lowest BCUT2D eigenvalue weighted by Gasteiger charge is -2.32. The summed E-state index contributed by atoms with van der Waals surface area (Å²) in [5, 5.41) is 11.8. The van der Waals surface area contributed by atoms with Gasteiger partial charge in [0.15, 0.2) is 0 Å². The van der Waals surface area contributed by atoms with Crippen molar-refractivity contribution in [2.75, 3.05) is 5.32 Å². The maximum Gasteiger partial charge on any atom is 0.243 e. The number of nitrogens with zero attached hydrogens (tertiary/aromatic N) is 3. The molecule has 0 amide bonds. The van der Waals surface area contributed by atoms with Crippen molar-refractivity contribution in [1.29, 1.82) is 0 Å². The van der Waals surface area contributed by atoms with Gasteiger partial charge in [-0.2, -0.15) is 0 Å². The minimum absolute atomic E-state index is 0.481. The highest BCUT2D eigenvalue weighted by Crippen LogP contribution is 2.30. The van der Waals surface area contributed by atoms with Crippen LogP contribution >= 0.6 is 0 Å². The molecule has 0 saturated heterocycles. The van der Waals surface area contributed by atoms with Crippen molar-refractivity contribution in [1.82, 2.24) is 15.2 Å². The number of rotatable bonds is 2. The van der Waals surface area contributed by atoms with Gasteiger partial charge in [0.25, 0.3) is 0 Å². The van der Waals surface area contributed by atoms with Gasteiger partial charge in [0, 0.05) is 6.04 Å². The third-order valence-electron chi connectivity index (χ3n) is 4.29. The summed E-state index contributed by atoms with van der Waals surface area (Å²) in [4.78, 5) is 4.53. The summed E-state index contributed by atoms with van der Waals surface area (Å²) < 4.78 is 0. The fourth-order valence-electron chi connectivity index (χ4n) is 2.80. The fourth-order valence-corrected chi connectivity index (χ4v) is 2.80. The summed E-state index contributed by atoms with van der Waals surface area (Å²) in [5.74, 6) is 2.25. The zero-order valence-electron chi connectivity index (χ0n) is 11.5. The molecule has 1 aromatic heterocycles. The summed E-state index contributed by atoms with van der Waals surface area (Å²) in [6.45, 7) is 4.67. The molecular weight excluding hydrogens is 236 g/mol. The van der Waals surface area contributed by atoms with Crippen LogP contribution in [0.5, 0.6) is 0 Å². The highest BCUT2D eigenvalue weighted by Gasteiger charge is 2.24. The molecule has 0 aliphatic heterocycles. The summed E-state index contributed by atoms with van der Waals surface area (Å²) in [6.07, 6.45) is 3.67. The van der Waals surface area contributed by atoms with Crippen molar-refractivity contribution in [3.05, 3.63) is 24.3 Å². The van der Waals surface area contributed by atoms with Crippen molar-refractivity contribution >= 4 is 17.0 Å². The molecule has 1 saturated carbocycles. The summed E-state index contributed by atoms with van der Waals surface area (Å²) >= 11 is 0. The van der Waals surface area contributed by atoms with Crippen molar-refractivity contribution in [3.63, 3.8) is 0 Å². The number of hydrogen-bond acceptors (Lipinski definition) is 4. The summed E-state index contributed by atoms with van der Waals surface area (Å²) in [7, 11) is 0. The number of aromatic nitrogens is 3. The Morgan fingerprint density at radius 2 is 1.79 bits per heavy atom. The molecule has 1 fully saturated rings. The van der Waals surface area contributed by atoms with Gasteiger partial charge in [-0.15, -0.1) is 10.2 Å². The van der Waals surface area contributed by atoms with E-state index in [1.165, 1.54) is 19.3 Å². The van der Waals surface area contributed by atoms with Gasteiger partial charge in [-0.05, 0) is 43.2 Å². The molecule has 19 heavy (non-hydrogen) atoms. The molecule has 0 bridgehead atoms. The predicted octanol–water partition coefficient (Wildman–Crippen LogP) is 3.26. The van der Waals surface area contributed by atoms with Crippen molar-refractivity contribution in [2.24, 2.45) is 11.8 Å². The molecule has 0 radical (unpaired) electrons. The quantitative estimate of drug-likeness (QED) is 0.896. The maximum absolute atomic E-state index is 4.53. The van der Waals surface area contributed by atoms with Crippen LogP contribution in [-0.2, 0) is 0 Å². The van der Waals surface area contributed by atoms with E-state index >= 15 is 0 Å². The van der Waals surface area contributed by atoms with E-state index in [1.54, 1.807) is 0 Å². The molecule has 1 aromatic carbocycles. The average molecular weight is 256 g/mol. The Bertz CT molecular complexity index is 569. The molecule has 3 rings (SSSR count). The largest absolute Gasteiger partial charge is 0.350 e. The summed E-state index contributed by atoms with van der Waals surface area (Å²) in [5.41, 5.74) is 1.75. The first-order chi connectivity index (χ1) is 9.22. The number of benzene rings is 1. The van der Waals surface area contributed by atoms with E-state index in [0.29, 0.717) is 12.0 Å². The zero-order chi connectivity index (χ0) is 13.2. The fraction of sp³-hybridized carbons (Fsp3) is 0.533. The standard InChI is InChI=1S/C15H20N4/c1-10-7-8-12(9-11(10)2)16-15-17-13-5-3-4-6-14(13)18-19-15/h3-6,10-12H,7-9H2,1-2H3,(H,16,17,19). The highest BCUT2D eigenvalue weighted by atomic mass is 15.2. The first kappa shape index (κ1) is 12.3. The molecule has 4 nitrogen and oxygen atoms in total. The van der Waals surface area contributed by atoms with Crippen LogP contribution in [-0.4, -0.2) is 21.2 Å². The number of para-hydroxylation sites is 1. The second-order valence-corrected chi connectivity index (χ2v) is 5.73. The van der Waals surface area contributed by atoms with Crippen LogP contribution in [0.2, 0.25) is 0 Å². The van der Waals surface area contributed by atoms with Crippen molar-refractivity contribution in [3.8, 4) is 0 Å². The van der Waals surface area contributed by atoms with Crippen molar-refractivity contribution in [2.45, 2.75) is 39.2 Å². The number of nitrogens with one attached hydrogen (secondary N) is 1. The first-order valence-corrected chi connectivity index (χ1v) is 7.08. The number of hydrogen-bond donors (Lipinski definition) is 1. The normalized spacial score (nSPS) is 27.4. The molecular formula is C15H20N4. The van der Waals surface area contributed by atoms with Crippen LogP contribution in [0.3, 0.4) is 0 Å². The van der Waals surface area contributed by atoms with Gasteiger partial charge in [-0.25, -0.2) is 4.98 Å². The molecule has 100 valence electrons. The summed E-state index contributed by atoms with van der Waals surface area (Å²) in [6, 6.07) is 8.32. The van der Waals surface area contributed by atoms with Gasteiger partial charge in [-0.1, -0.05) is 26.0 Å². The van der Waals surface area contributed by atoms with Crippen LogP contribution in [0.25, 0.3) is 11.0 Å². The van der Waals surface area contributed by atoms with E-state index < -0.39 is 0 Å². The van der Waals surface area contributed by atoms with Gasteiger partial charge < -0.3 is 5.32 Å². The zero-order valence-corrected chi connectivity index (χ0v) is 11.5.